The molecule has 5 heteroatoms. The highest BCUT2D eigenvalue weighted by Gasteiger charge is 2.27. The molecule has 0 aliphatic rings. The van der Waals surface area contributed by atoms with E-state index in [1.807, 2.05) is 31.2 Å². The van der Waals surface area contributed by atoms with E-state index >= 15 is 0 Å². The van der Waals surface area contributed by atoms with Gasteiger partial charge in [0, 0.05) is 14.1 Å². The lowest BCUT2D eigenvalue weighted by atomic mass is 10.0. The number of rotatable bonds is 3. The van der Waals surface area contributed by atoms with Gasteiger partial charge in [-0.1, -0.05) is 24.3 Å². The third-order valence-electron chi connectivity index (χ3n) is 2.85. The molecule has 1 aromatic rings. The lowest BCUT2D eigenvalue weighted by Crippen LogP contribution is -2.42. The Bertz CT molecular complexity index is 518. The van der Waals surface area contributed by atoms with E-state index in [1.54, 1.807) is 34.9 Å². The van der Waals surface area contributed by atoms with Crippen LogP contribution in [0.5, 0.6) is 0 Å². The number of alkyl carbamates (subject to hydrolysis) is 1. The summed E-state index contributed by atoms with van der Waals surface area (Å²) in [6.45, 7) is 7.25. The predicted molar refractivity (Wildman–Crippen MR) is 82.0 cm³/mol. The zero-order valence-electron chi connectivity index (χ0n) is 13.6. The Hall–Kier alpha value is -2.04. The fraction of sp³-hybridized carbons (Fsp3) is 0.500. The SMILES string of the molecule is Cc1ccccc1C(NC(=O)OC(C)(C)C)C(=O)N(C)C. The molecule has 0 radical (unpaired) electrons. The predicted octanol–water partition coefficient (Wildman–Crippen LogP) is 2.65. The lowest BCUT2D eigenvalue weighted by molar-refractivity contribution is -0.131. The third-order valence-corrected chi connectivity index (χ3v) is 2.85. The number of benzene rings is 1. The van der Waals surface area contributed by atoms with Crippen molar-refractivity contribution in [2.75, 3.05) is 14.1 Å². The van der Waals surface area contributed by atoms with Crippen molar-refractivity contribution in [3.63, 3.8) is 0 Å². The van der Waals surface area contributed by atoms with Crippen molar-refractivity contribution in [1.29, 1.82) is 0 Å². The number of carbonyl (C=O) groups is 2. The molecule has 1 rings (SSSR count). The van der Waals surface area contributed by atoms with Crippen molar-refractivity contribution in [2.45, 2.75) is 39.3 Å². The van der Waals surface area contributed by atoms with Crippen LogP contribution in [0.1, 0.15) is 37.9 Å². The van der Waals surface area contributed by atoms with Gasteiger partial charge in [-0.25, -0.2) is 4.79 Å². The topological polar surface area (TPSA) is 58.6 Å². The van der Waals surface area contributed by atoms with Gasteiger partial charge in [0.2, 0.25) is 5.91 Å². The highest BCUT2D eigenvalue weighted by Crippen LogP contribution is 2.20. The van der Waals surface area contributed by atoms with E-state index in [0.717, 1.165) is 11.1 Å². The highest BCUT2D eigenvalue weighted by atomic mass is 16.6. The molecule has 116 valence electrons. The summed E-state index contributed by atoms with van der Waals surface area (Å²) >= 11 is 0. The Morgan fingerprint density at radius 1 is 1.19 bits per heavy atom. The first-order chi connectivity index (χ1) is 9.61. The standard InChI is InChI=1S/C16H24N2O3/c1-11-9-7-8-10-12(11)13(14(19)18(5)6)17-15(20)21-16(2,3)4/h7-10,13H,1-6H3,(H,17,20). The van der Waals surface area contributed by atoms with Crippen LogP contribution >= 0.6 is 0 Å². The second kappa shape index (κ2) is 6.61. The molecule has 0 aromatic heterocycles. The van der Waals surface area contributed by atoms with Gasteiger partial charge < -0.3 is 15.0 Å². The Morgan fingerprint density at radius 3 is 2.24 bits per heavy atom. The first kappa shape index (κ1) is 17.0. The van der Waals surface area contributed by atoms with Crippen molar-refractivity contribution in [3.8, 4) is 0 Å². The Morgan fingerprint density at radius 2 is 1.76 bits per heavy atom. The Labute approximate surface area is 126 Å². The van der Waals surface area contributed by atoms with E-state index in [2.05, 4.69) is 5.32 Å². The molecule has 1 unspecified atom stereocenters. The number of ether oxygens (including phenoxy) is 1. The van der Waals surface area contributed by atoms with Gasteiger partial charge in [-0.2, -0.15) is 0 Å². The molecule has 0 aliphatic carbocycles. The molecule has 1 N–H and O–H groups in total. The maximum Gasteiger partial charge on any atom is 0.408 e. The summed E-state index contributed by atoms with van der Waals surface area (Å²) in [5, 5.41) is 2.66. The number of nitrogens with zero attached hydrogens (tertiary/aromatic N) is 1. The number of nitrogens with one attached hydrogen (secondary N) is 1. The molecular weight excluding hydrogens is 268 g/mol. The maximum atomic E-state index is 12.4. The lowest BCUT2D eigenvalue weighted by Gasteiger charge is -2.26. The largest absolute Gasteiger partial charge is 0.444 e. The van der Waals surface area contributed by atoms with Gasteiger partial charge in [0.1, 0.15) is 11.6 Å². The van der Waals surface area contributed by atoms with Gasteiger partial charge in [-0.15, -0.1) is 0 Å². The van der Waals surface area contributed by atoms with Gasteiger partial charge in [0.15, 0.2) is 0 Å². The normalized spacial score (nSPS) is 12.5. The molecule has 0 heterocycles. The average Bonchev–Trinajstić information content (AvgIpc) is 2.34. The molecule has 21 heavy (non-hydrogen) atoms. The maximum absolute atomic E-state index is 12.4. The first-order valence-corrected chi connectivity index (χ1v) is 6.88. The quantitative estimate of drug-likeness (QED) is 0.931. The molecule has 0 aliphatic heterocycles. The number of carbonyl (C=O) groups excluding carboxylic acids is 2. The minimum atomic E-state index is -0.754. The summed E-state index contributed by atoms with van der Waals surface area (Å²) in [6.07, 6.45) is -0.606. The number of amides is 2. The van der Waals surface area contributed by atoms with Crippen LogP contribution in [0.3, 0.4) is 0 Å². The van der Waals surface area contributed by atoms with E-state index in [9.17, 15) is 9.59 Å². The average molecular weight is 292 g/mol. The molecule has 5 nitrogen and oxygen atoms in total. The molecule has 0 saturated carbocycles. The van der Waals surface area contributed by atoms with Crippen LogP contribution in [0.15, 0.2) is 24.3 Å². The molecule has 1 atom stereocenters. The molecule has 0 spiro atoms. The summed E-state index contributed by atoms with van der Waals surface area (Å²) in [6, 6.07) is 6.72. The zero-order valence-corrected chi connectivity index (χ0v) is 13.6. The molecule has 0 fully saturated rings. The summed E-state index contributed by atoms with van der Waals surface area (Å²) in [7, 11) is 3.31. The van der Waals surface area contributed by atoms with E-state index in [0.29, 0.717) is 0 Å². The molecule has 2 amide bonds. The van der Waals surface area contributed by atoms with Crippen molar-refractivity contribution in [2.24, 2.45) is 0 Å². The van der Waals surface area contributed by atoms with E-state index in [4.69, 9.17) is 4.74 Å². The van der Waals surface area contributed by atoms with Crippen molar-refractivity contribution in [3.05, 3.63) is 35.4 Å². The summed E-state index contributed by atoms with van der Waals surface area (Å²) < 4.78 is 5.24. The number of likely N-dealkylation sites (N-methyl/N-ethyl adjacent to an activating group) is 1. The van der Waals surface area contributed by atoms with Crippen LogP contribution in [0.25, 0.3) is 0 Å². The van der Waals surface area contributed by atoms with Crippen molar-refractivity contribution in [1.82, 2.24) is 10.2 Å². The fourth-order valence-electron chi connectivity index (χ4n) is 1.87. The molecule has 1 aromatic carbocycles. The van der Waals surface area contributed by atoms with Crippen LogP contribution < -0.4 is 5.32 Å². The Balaban J connectivity index is 3.02. The van der Waals surface area contributed by atoms with Crippen LogP contribution in [-0.2, 0) is 9.53 Å². The van der Waals surface area contributed by atoms with Crippen molar-refractivity contribution < 1.29 is 14.3 Å². The summed E-state index contributed by atoms with van der Waals surface area (Å²) in [5.74, 6) is -0.199. The van der Waals surface area contributed by atoms with E-state index in [1.165, 1.54) is 4.90 Å². The second-order valence-electron chi connectivity index (χ2n) is 6.17. The van der Waals surface area contributed by atoms with Crippen molar-refractivity contribution >= 4 is 12.0 Å². The van der Waals surface area contributed by atoms with Gasteiger partial charge in [-0.3, -0.25) is 4.79 Å². The number of hydrogen-bond acceptors (Lipinski definition) is 3. The summed E-state index contributed by atoms with van der Waals surface area (Å²) in [4.78, 5) is 25.8. The Kier molecular flexibility index (Phi) is 5.35. The highest BCUT2D eigenvalue weighted by molar-refractivity contribution is 5.87. The van der Waals surface area contributed by atoms with Gasteiger partial charge in [-0.05, 0) is 38.8 Å². The second-order valence-corrected chi connectivity index (χ2v) is 6.17. The van der Waals surface area contributed by atoms with Gasteiger partial charge >= 0.3 is 6.09 Å². The van der Waals surface area contributed by atoms with Gasteiger partial charge in [0.25, 0.3) is 0 Å². The number of aryl methyl sites for hydroxylation is 1. The van der Waals surface area contributed by atoms with Gasteiger partial charge in [0.05, 0.1) is 0 Å². The summed E-state index contributed by atoms with van der Waals surface area (Å²) in [5.41, 5.74) is 1.09. The molecular formula is C16H24N2O3. The van der Waals surface area contributed by atoms with Crippen LogP contribution in [-0.4, -0.2) is 36.6 Å². The monoisotopic (exact) mass is 292 g/mol. The van der Waals surface area contributed by atoms with E-state index < -0.39 is 17.7 Å². The van der Waals surface area contributed by atoms with Crippen LogP contribution in [0.4, 0.5) is 4.79 Å². The fourth-order valence-corrected chi connectivity index (χ4v) is 1.87. The van der Waals surface area contributed by atoms with E-state index in [-0.39, 0.29) is 5.91 Å². The minimum absolute atomic E-state index is 0.199. The minimum Gasteiger partial charge on any atom is -0.444 e. The zero-order chi connectivity index (χ0) is 16.2. The smallest absolute Gasteiger partial charge is 0.408 e. The van der Waals surface area contributed by atoms with Crippen LogP contribution in [0.2, 0.25) is 0 Å². The molecule has 0 bridgehead atoms. The van der Waals surface area contributed by atoms with Crippen LogP contribution in [0, 0.1) is 6.92 Å². The first-order valence-electron chi connectivity index (χ1n) is 6.88. The number of hydrogen-bond donors (Lipinski definition) is 1. The molecule has 0 saturated heterocycles. The third kappa shape index (κ3) is 5.10.